The van der Waals surface area contributed by atoms with E-state index in [1.54, 1.807) is 6.07 Å². The highest BCUT2D eigenvalue weighted by atomic mass is 16.3. The zero-order chi connectivity index (χ0) is 11.3. The van der Waals surface area contributed by atoms with Gasteiger partial charge in [0.05, 0.1) is 0 Å². The SMILES string of the molecule is Cc1cc(C)c2c(c1)[nH]c1ccc(O)cc12. The number of aryl methyl sites for hydroxylation is 2. The van der Waals surface area contributed by atoms with Crippen LogP contribution in [0.3, 0.4) is 0 Å². The van der Waals surface area contributed by atoms with Crippen molar-refractivity contribution in [3.05, 3.63) is 41.5 Å². The van der Waals surface area contributed by atoms with Gasteiger partial charge in [-0.1, -0.05) is 6.07 Å². The number of hydrogen-bond acceptors (Lipinski definition) is 1. The van der Waals surface area contributed by atoms with Gasteiger partial charge in [-0.2, -0.15) is 0 Å². The van der Waals surface area contributed by atoms with Crippen LogP contribution in [0.1, 0.15) is 11.1 Å². The fraction of sp³-hybridized carbons (Fsp3) is 0.143. The topological polar surface area (TPSA) is 36.0 Å². The van der Waals surface area contributed by atoms with Gasteiger partial charge in [0, 0.05) is 21.8 Å². The van der Waals surface area contributed by atoms with Crippen LogP contribution in [0.25, 0.3) is 21.8 Å². The Kier molecular flexibility index (Phi) is 1.75. The van der Waals surface area contributed by atoms with Gasteiger partial charge in [-0.05, 0) is 49.2 Å². The molecule has 0 spiro atoms. The summed E-state index contributed by atoms with van der Waals surface area (Å²) in [6, 6.07) is 9.74. The molecule has 0 bridgehead atoms. The third-order valence-electron chi connectivity index (χ3n) is 3.02. The molecule has 0 amide bonds. The van der Waals surface area contributed by atoms with E-state index < -0.39 is 0 Å². The van der Waals surface area contributed by atoms with Crippen LogP contribution < -0.4 is 0 Å². The fourth-order valence-corrected chi connectivity index (χ4v) is 2.42. The van der Waals surface area contributed by atoms with Gasteiger partial charge in [-0.25, -0.2) is 0 Å². The normalized spacial score (nSPS) is 11.4. The molecule has 0 aliphatic carbocycles. The van der Waals surface area contributed by atoms with Crippen LogP contribution in [0.5, 0.6) is 5.75 Å². The number of aromatic hydroxyl groups is 1. The molecule has 0 unspecified atom stereocenters. The average Bonchev–Trinajstić information content (AvgIpc) is 2.54. The van der Waals surface area contributed by atoms with Gasteiger partial charge in [0.15, 0.2) is 0 Å². The molecular weight excluding hydrogens is 198 g/mol. The van der Waals surface area contributed by atoms with Crippen LogP contribution in [-0.2, 0) is 0 Å². The molecule has 0 aliphatic rings. The second kappa shape index (κ2) is 3.01. The Hall–Kier alpha value is -1.96. The van der Waals surface area contributed by atoms with Gasteiger partial charge in [-0.15, -0.1) is 0 Å². The summed E-state index contributed by atoms with van der Waals surface area (Å²) in [6.07, 6.45) is 0. The summed E-state index contributed by atoms with van der Waals surface area (Å²) in [5.41, 5.74) is 4.70. The van der Waals surface area contributed by atoms with Crippen molar-refractivity contribution in [2.75, 3.05) is 0 Å². The van der Waals surface area contributed by atoms with E-state index in [1.807, 2.05) is 12.1 Å². The van der Waals surface area contributed by atoms with Crippen molar-refractivity contribution in [1.82, 2.24) is 4.98 Å². The second-order valence-corrected chi connectivity index (χ2v) is 4.36. The lowest BCUT2D eigenvalue weighted by Crippen LogP contribution is -1.78. The molecule has 1 aromatic heterocycles. The first kappa shape index (κ1) is 9.28. The lowest BCUT2D eigenvalue weighted by Gasteiger charge is -1.99. The van der Waals surface area contributed by atoms with Crippen LogP contribution in [-0.4, -0.2) is 10.1 Å². The molecular formula is C14H13NO. The summed E-state index contributed by atoms with van der Waals surface area (Å²) in [5, 5.41) is 11.8. The standard InChI is InChI=1S/C14H13NO/c1-8-5-9(2)14-11-7-10(16)3-4-12(11)15-13(14)6-8/h3-7,15-16H,1-2H3. The molecule has 2 aromatic carbocycles. The Labute approximate surface area is 93.5 Å². The van der Waals surface area contributed by atoms with Crippen LogP contribution >= 0.6 is 0 Å². The summed E-state index contributed by atoms with van der Waals surface area (Å²) < 4.78 is 0. The minimum atomic E-state index is 0.313. The first-order chi connectivity index (χ1) is 7.65. The van der Waals surface area contributed by atoms with Gasteiger partial charge >= 0.3 is 0 Å². The zero-order valence-electron chi connectivity index (χ0n) is 9.33. The summed E-state index contributed by atoms with van der Waals surface area (Å²) in [4.78, 5) is 3.38. The number of aromatic amines is 1. The van der Waals surface area contributed by atoms with E-state index in [2.05, 4.69) is 31.0 Å². The monoisotopic (exact) mass is 211 g/mol. The third-order valence-corrected chi connectivity index (χ3v) is 3.02. The molecule has 2 N–H and O–H groups in total. The van der Waals surface area contributed by atoms with Gasteiger partial charge in [-0.3, -0.25) is 0 Å². The molecule has 0 saturated heterocycles. The minimum absolute atomic E-state index is 0.313. The number of phenols is 1. The Morgan fingerprint density at radius 1 is 1.00 bits per heavy atom. The lowest BCUT2D eigenvalue weighted by atomic mass is 10.0. The zero-order valence-corrected chi connectivity index (χ0v) is 9.33. The first-order valence-electron chi connectivity index (χ1n) is 5.37. The predicted octanol–water partition coefficient (Wildman–Crippen LogP) is 3.64. The Balaban J connectivity index is 2.57. The highest BCUT2D eigenvalue weighted by Crippen LogP contribution is 2.31. The van der Waals surface area contributed by atoms with Gasteiger partial charge < -0.3 is 10.1 Å². The molecule has 0 atom stereocenters. The summed E-state index contributed by atoms with van der Waals surface area (Å²) in [7, 11) is 0. The number of H-pyrrole nitrogens is 1. The van der Waals surface area contributed by atoms with Crippen LogP contribution in [0.15, 0.2) is 30.3 Å². The van der Waals surface area contributed by atoms with E-state index >= 15 is 0 Å². The van der Waals surface area contributed by atoms with Crippen molar-refractivity contribution in [2.45, 2.75) is 13.8 Å². The highest BCUT2D eigenvalue weighted by Gasteiger charge is 2.07. The first-order valence-corrected chi connectivity index (χ1v) is 5.37. The van der Waals surface area contributed by atoms with Crippen LogP contribution in [0, 0.1) is 13.8 Å². The molecule has 1 heterocycles. The maximum absolute atomic E-state index is 9.54. The van der Waals surface area contributed by atoms with E-state index in [0.717, 1.165) is 16.4 Å². The highest BCUT2D eigenvalue weighted by molar-refractivity contribution is 6.09. The third kappa shape index (κ3) is 1.20. The summed E-state index contributed by atoms with van der Waals surface area (Å²) in [6.45, 7) is 4.20. The number of hydrogen-bond donors (Lipinski definition) is 2. The van der Waals surface area contributed by atoms with E-state index in [9.17, 15) is 5.11 Å². The maximum atomic E-state index is 9.54. The van der Waals surface area contributed by atoms with Crippen molar-refractivity contribution < 1.29 is 5.11 Å². The number of fused-ring (bicyclic) bond motifs is 3. The molecule has 3 rings (SSSR count). The van der Waals surface area contributed by atoms with Crippen molar-refractivity contribution in [1.29, 1.82) is 0 Å². The van der Waals surface area contributed by atoms with E-state index in [1.165, 1.54) is 16.5 Å². The Bertz CT molecular complexity index is 695. The minimum Gasteiger partial charge on any atom is -0.508 e. The van der Waals surface area contributed by atoms with Crippen molar-refractivity contribution in [3.63, 3.8) is 0 Å². The largest absolute Gasteiger partial charge is 0.508 e. The second-order valence-electron chi connectivity index (χ2n) is 4.36. The predicted molar refractivity (Wildman–Crippen MR) is 66.9 cm³/mol. The fourth-order valence-electron chi connectivity index (χ4n) is 2.42. The van der Waals surface area contributed by atoms with Crippen LogP contribution in [0.4, 0.5) is 0 Å². The quantitative estimate of drug-likeness (QED) is 0.585. The van der Waals surface area contributed by atoms with Gasteiger partial charge in [0.1, 0.15) is 5.75 Å². The molecule has 2 nitrogen and oxygen atoms in total. The number of phenolic OH excluding ortho intramolecular Hbond substituents is 1. The van der Waals surface area contributed by atoms with Crippen molar-refractivity contribution in [2.24, 2.45) is 0 Å². The average molecular weight is 211 g/mol. The van der Waals surface area contributed by atoms with E-state index in [0.29, 0.717) is 5.75 Å². The molecule has 80 valence electrons. The summed E-state index contributed by atoms with van der Waals surface area (Å²) >= 11 is 0. The Morgan fingerprint density at radius 2 is 1.81 bits per heavy atom. The van der Waals surface area contributed by atoms with E-state index in [4.69, 9.17) is 0 Å². The van der Waals surface area contributed by atoms with Crippen molar-refractivity contribution in [3.8, 4) is 5.75 Å². The molecule has 16 heavy (non-hydrogen) atoms. The van der Waals surface area contributed by atoms with Gasteiger partial charge in [0.25, 0.3) is 0 Å². The molecule has 3 aromatic rings. The molecule has 0 aliphatic heterocycles. The smallest absolute Gasteiger partial charge is 0.116 e. The summed E-state index contributed by atoms with van der Waals surface area (Å²) in [5.74, 6) is 0.313. The van der Waals surface area contributed by atoms with Crippen LogP contribution in [0.2, 0.25) is 0 Å². The van der Waals surface area contributed by atoms with E-state index in [-0.39, 0.29) is 0 Å². The maximum Gasteiger partial charge on any atom is 0.116 e. The number of aromatic nitrogens is 1. The molecule has 0 radical (unpaired) electrons. The number of benzene rings is 2. The Morgan fingerprint density at radius 3 is 2.62 bits per heavy atom. The van der Waals surface area contributed by atoms with Crippen molar-refractivity contribution >= 4 is 21.8 Å². The molecule has 0 fully saturated rings. The molecule has 0 saturated carbocycles. The number of nitrogens with one attached hydrogen (secondary N) is 1. The number of rotatable bonds is 0. The lowest BCUT2D eigenvalue weighted by molar-refractivity contribution is 0.476. The molecule has 2 heteroatoms. The van der Waals surface area contributed by atoms with Gasteiger partial charge in [0.2, 0.25) is 0 Å².